The average molecular weight is 502 g/mol. The molecular weight excluding hydrogens is 474 g/mol. The molecule has 0 spiro atoms. The molecule has 0 saturated carbocycles. The first-order valence-electron chi connectivity index (χ1n) is 11.8. The Bertz CT molecular complexity index is 1300. The van der Waals surface area contributed by atoms with Crippen LogP contribution in [0.2, 0.25) is 0 Å². The zero-order valence-electron chi connectivity index (χ0n) is 20.4. The van der Waals surface area contributed by atoms with E-state index in [0.717, 1.165) is 11.1 Å². The van der Waals surface area contributed by atoms with Crippen molar-refractivity contribution in [2.24, 2.45) is 0 Å². The summed E-state index contributed by atoms with van der Waals surface area (Å²) in [6.07, 6.45) is 1.96. The molecule has 4 rings (SSSR count). The first-order valence-corrected chi connectivity index (χ1v) is 11.8. The van der Waals surface area contributed by atoms with E-state index in [1.807, 2.05) is 24.3 Å². The van der Waals surface area contributed by atoms with E-state index in [1.54, 1.807) is 36.3 Å². The van der Waals surface area contributed by atoms with Crippen molar-refractivity contribution in [1.29, 1.82) is 0 Å². The van der Waals surface area contributed by atoms with E-state index in [-0.39, 0.29) is 36.2 Å². The number of methoxy groups -OCH3 is 1. The molecule has 2 N–H and O–H groups in total. The number of ether oxygens (including phenoxy) is 1. The van der Waals surface area contributed by atoms with Gasteiger partial charge >= 0.3 is 0 Å². The van der Waals surface area contributed by atoms with Crippen molar-refractivity contribution in [3.05, 3.63) is 89.0 Å². The predicted octanol–water partition coefficient (Wildman–Crippen LogP) is 2.15. The van der Waals surface area contributed by atoms with Crippen molar-refractivity contribution in [1.82, 2.24) is 25.5 Å². The molecule has 0 atom stereocenters. The third kappa shape index (κ3) is 6.75. The molecule has 2 heterocycles. The minimum atomic E-state index is -0.456. The van der Waals surface area contributed by atoms with Crippen LogP contribution < -0.4 is 15.4 Å². The van der Waals surface area contributed by atoms with Crippen LogP contribution in [-0.4, -0.2) is 58.6 Å². The number of Topliss-reactive ketones (excluding diaryl/α,β-unsaturated/α-hetero) is 1. The van der Waals surface area contributed by atoms with Crippen LogP contribution in [0.4, 0.5) is 0 Å². The third-order valence-corrected chi connectivity index (χ3v) is 5.98. The lowest BCUT2D eigenvalue weighted by Gasteiger charge is -2.26. The molecule has 3 aromatic rings. The smallest absolute Gasteiger partial charge is 0.270 e. The maximum atomic E-state index is 12.6. The maximum Gasteiger partial charge on any atom is 0.270 e. The normalized spacial score (nSPS) is 13.1. The van der Waals surface area contributed by atoms with Crippen LogP contribution in [0.25, 0.3) is 0 Å². The fourth-order valence-electron chi connectivity index (χ4n) is 3.84. The molecule has 1 aromatic heterocycles. The fourth-order valence-corrected chi connectivity index (χ4v) is 3.84. The van der Waals surface area contributed by atoms with Gasteiger partial charge in [-0.15, -0.1) is 0 Å². The lowest BCUT2D eigenvalue weighted by molar-refractivity contribution is -0.120. The number of carbonyl (C=O) groups excluding carboxylic acids is 4. The van der Waals surface area contributed by atoms with Gasteiger partial charge in [0.1, 0.15) is 29.2 Å². The van der Waals surface area contributed by atoms with Gasteiger partial charge in [0.15, 0.2) is 0 Å². The molecular formula is C27H27N5O5. The lowest BCUT2D eigenvalue weighted by atomic mass is 10.1. The Hall–Kier alpha value is -4.60. The zero-order chi connectivity index (χ0) is 26.2. The number of aromatic nitrogens is 2. The van der Waals surface area contributed by atoms with E-state index in [2.05, 4.69) is 20.6 Å². The van der Waals surface area contributed by atoms with Gasteiger partial charge in [0, 0.05) is 50.7 Å². The van der Waals surface area contributed by atoms with E-state index in [4.69, 9.17) is 4.74 Å². The Morgan fingerprint density at radius 3 is 2.11 bits per heavy atom. The van der Waals surface area contributed by atoms with Crippen LogP contribution in [0.3, 0.4) is 0 Å². The van der Waals surface area contributed by atoms with Crippen LogP contribution in [-0.2, 0) is 17.9 Å². The Morgan fingerprint density at radius 2 is 1.49 bits per heavy atom. The molecule has 1 aliphatic rings. The summed E-state index contributed by atoms with van der Waals surface area (Å²) in [4.78, 5) is 58.8. The van der Waals surface area contributed by atoms with E-state index < -0.39 is 11.8 Å². The Labute approximate surface area is 214 Å². The van der Waals surface area contributed by atoms with Crippen molar-refractivity contribution >= 4 is 23.5 Å². The molecule has 37 heavy (non-hydrogen) atoms. The Morgan fingerprint density at radius 1 is 0.865 bits per heavy atom. The summed E-state index contributed by atoms with van der Waals surface area (Å²) in [6, 6.07) is 15.6. The number of ketones is 1. The molecule has 10 heteroatoms. The van der Waals surface area contributed by atoms with Crippen LogP contribution in [0, 0.1) is 0 Å². The van der Waals surface area contributed by atoms with Gasteiger partial charge < -0.3 is 20.3 Å². The SMILES string of the molecule is COc1cccc(CNC(=O)c2cc(C(=O)NCc3ccc(C(=O)N4CCC(=O)CC4)cc3)ncn2)c1. The summed E-state index contributed by atoms with van der Waals surface area (Å²) < 4.78 is 5.18. The zero-order valence-corrected chi connectivity index (χ0v) is 20.4. The van der Waals surface area contributed by atoms with Crippen molar-refractivity contribution in [2.45, 2.75) is 25.9 Å². The number of nitrogens with one attached hydrogen (secondary N) is 2. The van der Waals surface area contributed by atoms with Crippen molar-refractivity contribution in [3.8, 4) is 5.75 Å². The summed E-state index contributed by atoms with van der Waals surface area (Å²) in [5.41, 5.74) is 2.32. The number of piperidine rings is 1. The molecule has 0 unspecified atom stereocenters. The van der Waals surface area contributed by atoms with Crippen LogP contribution in [0.1, 0.15) is 55.3 Å². The standard InChI is InChI=1S/C27H27N5O5/c1-37-22-4-2-3-19(13-22)16-29-26(35)24-14-23(30-17-31-24)25(34)28-15-18-5-7-20(8-6-18)27(36)32-11-9-21(33)10-12-32/h2-8,13-14,17H,9-12,15-16H2,1H3,(H,28,34)(H,29,35). The van der Waals surface area contributed by atoms with Crippen LogP contribution >= 0.6 is 0 Å². The minimum absolute atomic E-state index is 0.0629. The fraction of sp³-hybridized carbons (Fsp3) is 0.259. The van der Waals surface area contributed by atoms with Gasteiger partial charge in [0.05, 0.1) is 7.11 Å². The first kappa shape index (κ1) is 25.5. The highest BCUT2D eigenvalue weighted by atomic mass is 16.5. The molecule has 1 fully saturated rings. The molecule has 10 nitrogen and oxygen atoms in total. The van der Waals surface area contributed by atoms with Crippen molar-refractivity contribution < 1.29 is 23.9 Å². The van der Waals surface area contributed by atoms with Gasteiger partial charge in [0.25, 0.3) is 17.7 Å². The third-order valence-electron chi connectivity index (χ3n) is 5.98. The van der Waals surface area contributed by atoms with E-state index in [1.165, 1.54) is 12.4 Å². The number of hydrogen-bond acceptors (Lipinski definition) is 7. The highest BCUT2D eigenvalue weighted by molar-refractivity contribution is 5.97. The Balaban J connectivity index is 1.30. The van der Waals surface area contributed by atoms with E-state index in [0.29, 0.717) is 37.2 Å². The predicted molar refractivity (Wildman–Crippen MR) is 134 cm³/mol. The largest absolute Gasteiger partial charge is 0.497 e. The second-order valence-electron chi connectivity index (χ2n) is 8.53. The Kier molecular flexibility index (Phi) is 8.19. The van der Waals surface area contributed by atoms with Crippen LogP contribution in [0.15, 0.2) is 60.9 Å². The van der Waals surface area contributed by atoms with Crippen molar-refractivity contribution in [3.63, 3.8) is 0 Å². The lowest BCUT2D eigenvalue weighted by Crippen LogP contribution is -2.38. The molecule has 2 aromatic carbocycles. The molecule has 3 amide bonds. The maximum absolute atomic E-state index is 12.6. The van der Waals surface area contributed by atoms with Gasteiger partial charge in [-0.2, -0.15) is 0 Å². The van der Waals surface area contributed by atoms with Crippen molar-refractivity contribution in [2.75, 3.05) is 20.2 Å². The molecule has 1 saturated heterocycles. The summed E-state index contributed by atoms with van der Waals surface area (Å²) in [6.45, 7) is 1.37. The minimum Gasteiger partial charge on any atom is -0.497 e. The number of carbonyl (C=O) groups is 4. The second kappa shape index (κ2) is 11.9. The quantitative estimate of drug-likeness (QED) is 0.484. The number of rotatable bonds is 8. The number of nitrogens with zero attached hydrogens (tertiary/aromatic N) is 3. The van der Waals surface area contributed by atoms with Gasteiger partial charge in [-0.25, -0.2) is 9.97 Å². The van der Waals surface area contributed by atoms with E-state index in [9.17, 15) is 19.2 Å². The van der Waals surface area contributed by atoms with Crippen LogP contribution in [0.5, 0.6) is 5.75 Å². The number of benzene rings is 2. The summed E-state index contributed by atoms with van der Waals surface area (Å²) in [5.74, 6) is -0.130. The summed E-state index contributed by atoms with van der Waals surface area (Å²) in [7, 11) is 1.57. The molecule has 0 aliphatic carbocycles. The summed E-state index contributed by atoms with van der Waals surface area (Å²) in [5, 5.41) is 5.53. The molecule has 1 aliphatic heterocycles. The monoisotopic (exact) mass is 501 g/mol. The summed E-state index contributed by atoms with van der Waals surface area (Å²) >= 11 is 0. The number of likely N-dealkylation sites (tertiary alicyclic amines) is 1. The molecule has 0 bridgehead atoms. The highest BCUT2D eigenvalue weighted by Crippen LogP contribution is 2.14. The number of amides is 3. The van der Waals surface area contributed by atoms with Gasteiger partial charge in [-0.05, 0) is 35.4 Å². The topological polar surface area (TPSA) is 131 Å². The number of hydrogen-bond donors (Lipinski definition) is 2. The van der Waals surface area contributed by atoms with Gasteiger partial charge in [-0.3, -0.25) is 19.2 Å². The first-order chi connectivity index (χ1) is 17.9. The molecule has 190 valence electrons. The molecule has 0 radical (unpaired) electrons. The average Bonchev–Trinajstić information content (AvgIpc) is 2.95. The van der Waals surface area contributed by atoms with Gasteiger partial charge in [-0.1, -0.05) is 24.3 Å². The highest BCUT2D eigenvalue weighted by Gasteiger charge is 2.21. The van der Waals surface area contributed by atoms with E-state index >= 15 is 0 Å². The second-order valence-corrected chi connectivity index (χ2v) is 8.53. The van der Waals surface area contributed by atoms with Gasteiger partial charge in [0.2, 0.25) is 0 Å².